The molecule has 0 amide bonds. The number of aliphatic hydroxyl groups is 1. The van der Waals surface area contributed by atoms with Crippen molar-refractivity contribution >= 4 is 17.4 Å². The third kappa shape index (κ3) is 3.16. The summed E-state index contributed by atoms with van der Waals surface area (Å²) in [6, 6.07) is 5.61. The summed E-state index contributed by atoms with van der Waals surface area (Å²) in [7, 11) is 0. The van der Waals surface area contributed by atoms with Crippen LogP contribution in [0.2, 0.25) is 5.02 Å². The lowest BCUT2D eigenvalue weighted by Gasteiger charge is -2.28. The molecule has 0 saturated heterocycles. The Bertz CT molecular complexity index is 520. The average molecular weight is 298 g/mol. The quantitative estimate of drug-likeness (QED) is 0.526. The van der Waals surface area contributed by atoms with Gasteiger partial charge in [-0.2, -0.15) is 0 Å². The van der Waals surface area contributed by atoms with Gasteiger partial charge in [-0.25, -0.2) is 0 Å². The Kier molecular flexibility index (Phi) is 4.73. The van der Waals surface area contributed by atoms with Gasteiger partial charge in [-0.15, -0.1) is 0 Å². The second kappa shape index (κ2) is 6.33. The molecule has 1 aromatic rings. The number of hydrogen-bond donors (Lipinski definition) is 1. The average Bonchev–Trinajstić information content (AvgIpc) is 2.38. The Labute approximate surface area is 121 Å². The Morgan fingerprint density at radius 3 is 2.75 bits per heavy atom. The van der Waals surface area contributed by atoms with Crippen molar-refractivity contribution in [3.8, 4) is 0 Å². The van der Waals surface area contributed by atoms with E-state index in [1.54, 1.807) is 24.3 Å². The van der Waals surface area contributed by atoms with E-state index in [-0.39, 0.29) is 12.2 Å². The molecular formula is C14H16ClNO4. The number of carbonyl (C=O) groups is 1. The van der Waals surface area contributed by atoms with Crippen LogP contribution in [0.1, 0.15) is 36.0 Å². The van der Waals surface area contributed by atoms with Crippen LogP contribution in [0.25, 0.3) is 0 Å². The van der Waals surface area contributed by atoms with Crippen molar-refractivity contribution in [3.05, 3.63) is 45.0 Å². The van der Waals surface area contributed by atoms with E-state index in [1.165, 1.54) is 0 Å². The second-order valence-corrected chi connectivity index (χ2v) is 5.55. The second-order valence-electron chi connectivity index (χ2n) is 5.14. The SMILES string of the molecule is O=C(C[C@H]1CCC[C@@H](O)[C@@H]1[N+](=O)[O-])c1ccccc1Cl. The summed E-state index contributed by atoms with van der Waals surface area (Å²) >= 11 is 5.96. The molecule has 108 valence electrons. The molecule has 2 rings (SSSR count). The molecule has 1 N–H and O–H groups in total. The number of halogens is 1. The van der Waals surface area contributed by atoms with Crippen LogP contribution < -0.4 is 0 Å². The van der Waals surface area contributed by atoms with Gasteiger partial charge in [-0.1, -0.05) is 30.2 Å². The van der Waals surface area contributed by atoms with Crippen LogP contribution in [0.5, 0.6) is 0 Å². The van der Waals surface area contributed by atoms with Gasteiger partial charge >= 0.3 is 0 Å². The largest absolute Gasteiger partial charge is 0.386 e. The molecule has 1 aliphatic rings. The zero-order chi connectivity index (χ0) is 14.7. The Morgan fingerprint density at radius 1 is 1.40 bits per heavy atom. The molecule has 0 heterocycles. The first kappa shape index (κ1) is 14.9. The van der Waals surface area contributed by atoms with E-state index in [1.807, 2.05) is 0 Å². The molecule has 1 fully saturated rings. The first-order valence-electron chi connectivity index (χ1n) is 6.60. The molecule has 0 bridgehead atoms. The number of nitro groups is 1. The highest BCUT2D eigenvalue weighted by Gasteiger charge is 2.42. The van der Waals surface area contributed by atoms with Crippen LogP contribution in [0.15, 0.2) is 24.3 Å². The lowest BCUT2D eigenvalue weighted by atomic mass is 9.79. The highest BCUT2D eigenvalue weighted by Crippen LogP contribution is 2.31. The topological polar surface area (TPSA) is 80.4 Å². The molecule has 1 aromatic carbocycles. The number of aliphatic hydroxyl groups excluding tert-OH is 1. The van der Waals surface area contributed by atoms with Gasteiger partial charge in [0.05, 0.1) is 5.02 Å². The van der Waals surface area contributed by atoms with Crippen molar-refractivity contribution in [1.29, 1.82) is 0 Å². The van der Waals surface area contributed by atoms with Crippen molar-refractivity contribution in [1.82, 2.24) is 0 Å². The lowest BCUT2D eigenvalue weighted by molar-refractivity contribution is -0.547. The van der Waals surface area contributed by atoms with E-state index < -0.39 is 23.0 Å². The normalized spacial score (nSPS) is 26.2. The van der Waals surface area contributed by atoms with Crippen molar-refractivity contribution in [2.75, 3.05) is 0 Å². The maximum Gasteiger partial charge on any atom is 0.241 e. The number of ketones is 1. The monoisotopic (exact) mass is 297 g/mol. The summed E-state index contributed by atoms with van der Waals surface area (Å²) in [5.74, 6) is -0.640. The summed E-state index contributed by atoms with van der Waals surface area (Å²) in [6.45, 7) is 0. The number of carbonyl (C=O) groups excluding carboxylic acids is 1. The first-order chi connectivity index (χ1) is 9.50. The summed E-state index contributed by atoms with van der Waals surface area (Å²) in [6.07, 6.45) is 0.780. The van der Waals surface area contributed by atoms with Gasteiger partial charge in [0, 0.05) is 22.8 Å². The Hall–Kier alpha value is -1.46. The van der Waals surface area contributed by atoms with Crippen LogP contribution >= 0.6 is 11.6 Å². The fraction of sp³-hybridized carbons (Fsp3) is 0.500. The highest BCUT2D eigenvalue weighted by atomic mass is 35.5. The van der Waals surface area contributed by atoms with Crippen molar-refractivity contribution in [2.24, 2.45) is 5.92 Å². The molecule has 0 aliphatic heterocycles. The number of benzene rings is 1. The number of nitrogens with zero attached hydrogens (tertiary/aromatic N) is 1. The Morgan fingerprint density at radius 2 is 2.10 bits per heavy atom. The van der Waals surface area contributed by atoms with E-state index in [4.69, 9.17) is 11.6 Å². The predicted molar refractivity (Wildman–Crippen MR) is 74.5 cm³/mol. The highest BCUT2D eigenvalue weighted by molar-refractivity contribution is 6.33. The molecule has 3 atom stereocenters. The minimum absolute atomic E-state index is 0.0481. The first-order valence-corrected chi connectivity index (χ1v) is 6.97. The number of hydrogen-bond acceptors (Lipinski definition) is 4. The van der Waals surface area contributed by atoms with Crippen LogP contribution in [-0.4, -0.2) is 28.0 Å². The molecular weight excluding hydrogens is 282 g/mol. The summed E-state index contributed by atoms with van der Waals surface area (Å²) < 4.78 is 0. The van der Waals surface area contributed by atoms with E-state index >= 15 is 0 Å². The van der Waals surface area contributed by atoms with E-state index in [0.717, 1.165) is 0 Å². The van der Waals surface area contributed by atoms with Crippen LogP contribution in [0.4, 0.5) is 0 Å². The van der Waals surface area contributed by atoms with Gasteiger partial charge < -0.3 is 5.11 Å². The molecule has 20 heavy (non-hydrogen) atoms. The van der Waals surface area contributed by atoms with Crippen LogP contribution in [0, 0.1) is 16.0 Å². The predicted octanol–water partition coefficient (Wildman–Crippen LogP) is 2.72. The maximum atomic E-state index is 12.2. The minimum atomic E-state index is -1.06. The summed E-state index contributed by atoms with van der Waals surface area (Å²) in [5.41, 5.74) is 0.385. The standard InChI is InChI=1S/C14H16ClNO4/c15-11-6-2-1-5-10(11)13(18)8-9-4-3-7-12(17)14(9)16(19)20/h1-2,5-6,9,12,14,17H,3-4,7-8H2/t9-,12-,14-/m1/s1. The molecule has 0 spiro atoms. The fourth-order valence-electron chi connectivity index (χ4n) is 2.82. The summed E-state index contributed by atoms with van der Waals surface area (Å²) in [5, 5.41) is 21.2. The van der Waals surface area contributed by atoms with Gasteiger partial charge in [0.2, 0.25) is 6.04 Å². The Balaban J connectivity index is 2.13. The van der Waals surface area contributed by atoms with Gasteiger partial charge in [0.15, 0.2) is 5.78 Å². The molecule has 0 radical (unpaired) electrons. The van der Waals surface area contributed by atoms with Gasteiger partial charge in [-0.05, 0) is 25.0 Å². The summed E-state index contributed by atoms with van der Waals surface area (Å²) in [4.78, 5) is 22.8. The van der Waals surface area contributed by atoms with E-state index in [0.29, 0.717) is 29.8 Å². The van der Waals surface area contributed by atoms with Gasteiger partial charge in [0.1, 0.15) is 6.10 Å². The van der Waals surface area contributed by atoms with E-state index in [9.17, 15) is 20.0 Å². The molecule has 1 aliphatic carbocycles. The third-order valence-electron chi connectivity index (χ3n) is 3.82. The molecule has 6 heteroatoms. The molecule has 0 unspecified atom stereocenters. The maximum absolute atomic E-state index is 12.2. The van der Waals surface area contributed by atoms with Crippen LogP contribution in [-0.2, 0) is 0 Å². The number of Topliss-reactive ketones (excluding diaryl/α,β-unsaturated/α-hetero) is 1. The third-order valence-corrected chi connectivity index (χ3v) is 4.15. The lowest BCUT2D eigenvalue weighted by Crippen LogP contribution is -2.44. The zero-order valence-corrected chi connectivity index (χ0v) is 11.6. The van der Waals surface area contributed by atoms with Crippen molar-refractivity contribution in [3.63, 3.8) is 0 Å². The number of rotatable bonds is 4. The van der Waals surface area contributed by atoms with Crippen molar-refractivity contribution in [2.45, 2.75) is 37.8 Å². The molecule has 0 aromatic heterocycles. The van der Waals surface area contributed by atoms with Gasteiger partial charge in [-0.3, -0.25) is 14.9 Å². The molecule has 5 nitrogen and oxygen atoms in total. The smallest absolute Gasteiger partial charge is 0.241 e. The van der Waals surface area contributed by atoms with E-state index in [2.05, 4.69) is 0 Å². The van der Waals surface area contributed by atoms with Crippen molar-refractivity contribution < 1.29 is 14.8 Å². The van der Waals surface area contributed by atoms with Crippen LogP contribution in [0.3, 0.4) is 0 Å². The fourth-order valence-corrected chi connectivity index (χ4v) is 3.06. The molecule has 1 saturated carbocycles. The zero-order valence-electron chi connectivity index (χ0n) is 10.9. The van der Waals surface area contributed by atoms with Gasteiger partial charge in [0.25, 0.3) is 0 Å². The minimum Gasteiger partial charge on any atom is -0.386 e.